The van der Waals surface area contributed by atoms with Gasteiger partial charge in [0.1, 0.15) is 0 Å². The van der Waals surface area contributed by atoms with Gasteiger partial charge in [0, 0.05) is 43.8 Å². The standard InChI is InChI=1S/C19H21N5O/c1-24-12-14(8-23-24)16-9-20-10-17(16)19(25)22-11-18-15-5-3-2-4-13(15)6-7-21-18/h2-8,12,16-17,20H,9-11H2,1H3,(H,22,25)/t16-,17+/m1/s1. The minimum Gasteiger partial charge on any atom is -0.350 e. The number of nitrogens with one attached hydrogen (secondary N) is 2. The Hall–Kier alpha value is -2.73. The highest BCUT2D eigenvalue weighted by atomic mass is 16.1. The number of carbonyl (C=O) groups is 1. The van der Waals surface area contributed by atoms with Crippen LogP contribution in [-0.2, 0) is 18.4 Å². The molecule has 0 spiro atoms. The average Bonchev–Trinajstić information content (AvgIpc) is 3.28. The van der Waals surface area contributed by atoms with Gasteiger partial charge in [-0.05, 0) is 17.0 Å². The van der Waals surface area contributed by atoms with Crippen molar-refractivity contribution in [3.05, 3.63) is 60.2 Å². The summed E-state index contributed by atoms with van der Waals surface area (Å²) in [7, 11) is 1.90. The number of amides is 1. The van der Waals surface area contributed by atoms with Gasteiger partial charge in [-0.25, -0.2) is 0 Å². The number of carbonyl (C=O) groups excluding carboxylic acids is 1. The van der Waals surface area contributed by atoms with Crippen LogP contribution in [0.5, 0.6) is 0 Å². The van der Waals surface area contributed by atoms with Crippen LogP contribution < -0.4 is 10.6 Å². The van der Waals surface area contributed by atoms with E-state index in [9.17, 15) is 4.79 Å². The van der Waals surface area contributed by atoms with E-state index >= 15 is 0 Å². The molecule has 6 heteroatoms. The molecule has 0 saturated carbocycles. The number of rotatable bonds is 4. The molecule has 2 aromatic heterocycles. The third-order valence-electron chi connectivity index (χ3n) is 4.89. The van der Waals surface area contributed by atoms with Crippen molar-refractivity contribution in [3.63, 3.8) is 0 Å². The first-order valence-corrected chi connectivity index (χ1v) is 8.52. The number of fused-ring (bicyclic) bond motifs is 1. The first-order valence-electron chi connectivity index (χ1n) is 8.52. The number of hydrogen-bond acceptors (Lipinski definition) is 4. The lowest BCUT2D eigenvalue weighted by Crippen LogP contribution is -2.34. The van der Waals surface area contributed by atoms with E-state index in [-0.39, 0.29) is 17.7 Å². The van der Waals surface area contributed by atoms with Crippen LogP contribution in [0.2, 0.25) is 0 Å². The van der Waals surface area contributed by atoms with Crippen molar-refractivity contribution >= 4 is 16.7 Å². The van der Waals surface area contributed by atoms with Gasteiger partial charge in [-0.3, -0.25) is 14.5 Å². The highest BCUT2D eigenvalue weighted by molar-refractivity contribution is 5.85. The quantitative estimate of drug-likeness (QED) is 0.759. The molecule has 4 rings (SSSR count). The summed E-state index contributed by atoms with van der Waals surface area (Å²) in [5.41, 5.74) is 2.01. The van der Waals surface area contributed by atoms with Crippen molar-refractivity contribution in [1.29, 1.82) is 0 Å². The number of aryl methyl sites for hydroxylation is 1. The minimum absolute atomic E-state index is 0.0635. The monoisotopic (exact) mass is 335 g/mol. The maximum absolute atomic E-state index is 12.7. The van der Waals surface area contributed by atoms with Crippen LogP contribution in [0.3, 0.4) is 0 Å². The summed E-state index contributed by atoms with van der Waals surface area (Å²) in [5.74, 6) is 0.141. The molecule has 0 unspecified atom stereocenters. The Kier molecular flexibility index (Phi) is 4.19. The number of benzene rings is 1. The molecule has 128 valence electrons. The fourth-order valence-electron chi connectivity index (χ4n) is 3.56. The lowest BCUT2D eigenvalue weighted by Gasteiger charge is -2.17. The van der Waals surface area contributed by atoms with Gasteiger partial charge in [0.05, 0.1) is 24.4 Å². The van der Waals surface area contributed by atoms with Gasteiger partial charge >= 0.3 is 0 Å². The number of nitrogens with zero attached hydrogens (tertiary/aromatic N) is 3. The summed E-state index contributed by atoms with van der Waals surface area (Å²) in [6.07, 6.45) is 5.63. The van der Waals surface area contributed by atoms with Crippen molar-refractivity contribution < 1.29 is 4.79 Å². The summed E-state index contributed by atoms with van der Waals surface area (Å²) in [4.78, 5) is 17.2. The summed E-state index contributed by atoms with van der Waals surface area (Å²) in [6.45, 7) is 1.93. The van der Waals surface area contributed by atoms with Gasteiger partial charge in [-0.1, -0.05) is 24.3 Å². The first kappa shape index (κ1) is 15.8. The minimum atomic E-state index is -0.0841. The molecule has 1 aliphatic heterocycles. The molecule has 25 heavy (non-hydrogen) atoms. The third-order valence-corrected chi connectivity index (χ3v) is 4.89. The molecule has 1 aliphatic rings. The summed E-state index contributed by atoms with van der Waals surface area (Å²) in [6, 6.07) is 10.1. The van der Waals surface area contributed by atoms with Gasteiger partial charge in [0.2, 0.25) is 5.91 Å². The molecular formula is C19H21N5O. The molecule has 6 nitrogen and oxygen atoms in total. The molecule has 1 saturated heterocycles. The van der Waals surface area contributed by atoms with Crippen LogP contribution >= 0.6 is 0 Å². The second-order valence-electron chi connectivity index (χ2n) is 6.52. The zero-order valence-corrected chi connectivity index (χ0v) is 14.1. The largest absolute Gasteiger partial charge is 0.350 e. The van der Waals surface area contributed by atoms with Crippen molar-refractivity contribution in [2.75, 3.05) is 13.1 Å². The number of hydrogen-bond donors (Lipinski definition) is 2. The molecule has 0 bridgehead atoms. The summed E-state index contributed by atoms with van der Waals surface area (Å²) >= 11 is 0. The predicted molar refractivity (Wildman–Crippen MR) is 95.9 cm³/mol. The third kappa shape index (κ3) is 3.13. The van der Waals surface area contributed by atoms with Gasteiger partial charge in [0.25, 0.3) is 0 Å². The van der Waals surface area contributed by atoms with Crippen LogP contribution in [-0.4, -0.2) is 33.8 Å². The Morgan fingerprint density at radius 2 is 2.20 bits per heavy atom. The van der Waals surface area contributed by atoms with Crippen LogP contribution in [0.1, 0.15) is 17.2 Å². The second kappa shape index (κ2) is 6.64. The maximum atomic E-state index is 12.7. The van der Waals surface area contributed by atoms with E-state index in [0.717, 1.165) is 28.6 Å². The van der Waals surface area contributed by atoms with Crippen molar-refractivity contribution in [2.45, 2.75) is 12.5 Å². The maximum Gasteiger partial charge on any atom is 0.225 e. The van der Waals surface area contributed by atoms with E-state index in [2.05, 4.69) is 26.8 Å². The summed E-state index contributed by atoms with van der Waals surface area (Å²) in [5, 5.41) is 12.8. The van der Waals surface area contributed by atoms with E-state index in [4.69, 9.17) is 0 Å². The van der Waals surface area contributed by atoms with Crippen LogP contribution in [0.4, 0.5) is 0 Å². The molecule has 0 radical (unpaired) electrons. The van der Waals surface area contributed by atoms with Crippen LogP contribution in [0.15, 0.2) is 48.9 Å². The fraction of sp³-hybridized carbons (Fsp3) is 0.316. The van der Waals surface area contributed by atoms with Gasteiger partial charge in [-0.15, -0.1) is 0 Å². The Morgan fingerprint density at radius 1 is 1.32 bits per heavy atom. The van der Waals surface area contributed by atoms with E-state index in [0.29, 0.717) is 13.1 Å². The van der Waals surface area contributed by atoms with E-state index in [1.807, 2.05) is 43.7 Å². The van der Waals surface area contributed by atoms with E-state index < -0.39 is 0 Å². The van der Waals surface area contributed by atoms with Gasteiger partial charge in [0.15, 0.2) is 0 Å². The normalized spacial score (nSPS) is 20.0. The highest BCUT2D eigenvalue weighted by Gasteiger charge is 2.34. The lowest BCUT2D eigenvalue weighted by molar-refractivity contribution is -0.125. The Bertz CT molecular complexity index is 898. The zero-order valence-electron chi connectivity index (χ0n) is 14.1. The SMILES string of the molecule is Cn1cc([C@H]2CNC[C@@H]2C(=O)NCc2nccc3ccccc23)cn1. The number of aromatic nitrogens is 3. The molecule has 2 atom stereocenters. The molecule has 1 fully saturated rings. The molecular weight excluding hydrogens is 314 g/mol. The van der Waals surface area contributed by atoms with Gasteiger partial charge in [-0.2, -0.15) is 5.10 Å². The van der Waals surface area contributed by atoms with E-state index in [1.54, 1.807) is 10.9 Å². The Balaban J connectivity index is 1.48. The Labute approximate surface area is 146 Å². The first-order chi connectivity index (χ1) is 12.2. The molecule has 0 aliphatic carbocycles. The van der Waals surface area contributed by atoms with Gasteiger partial charge < -0.3 is 10.6 Å². The highest BCUT2D eigenvalue weighted by Crippen LogP contribution is 2.28. The number of pyridine rings is 1. The van der Waals surface area contributed by atoms with Crippen LogP contribution in [0, 0.1) is 5.92 Å². The average molecular weight is 335 g/mol. The zero-order chi connectivity index (χ0) is 17.2. The van der Waals surface area contributed by atoms with Crippen molar-refractivity contribution in [1.82, 2.24) is 25.4 Å². The molecule has 1 aromatic carbocycles. The Morgan fingerprint density at radius 3 is 3.04 bits per heavy atom. The topological polar surface area (TPSA) is 71.8 Å². The predicted octanol–water partition coefficient (Wildman–Crippen LogP) is 1.59. The van der Waals surface area contributed by atoms with E-state index in [1.165, 1.54) is 0 Å². The fourth-order valence-corrected chi connectivity index (χ4v) is 3.56. The smallest absolute Gasteiger partial charge is 0.225 e. The molecule has 2 N–H and O–H groups in total. The molecule has 3 heterocycles. The molecule has 3 aromatic rings. The second-order valence-corrected chi connectivity index (χ2v) is 6.52. The summed E-state index contributed by atoms with van der Waals surface area (Å²) < 4.78 is 1.78. The van der Waals surface area contributed by atoms with Crippen LogP contribution in [0.25, 0.3) is 10.8 Å². The van der Waals surface area contributed by atoms with Crippen molar-refractivity contribution in [2.24, 2.45) is 13.0 Å². The van der Waals surface area contributed by atoms with Crippen molar-refractivity contribution in [3.8, 4) is 0 Å². The molecule has 1 amide bonds. The lowest BCUT2D eigenvalue weighted by atomic mass is 9.90.